The van der Waals surface area contributed by atoms with E-state index in [1.807, 2.05) is 37.3 Å². The Morgan fingerprint density at radius 3 is 2.70 bits per heavy atom. The number of nitrogens with zero attached hydrogens (tertiary/aromatic N) is 2. The zero-order valence-corrected chi connectivity index (χ0v) is 21.2. The third-order valence-electron chi connectivity index (χ3n) is 6.79. The fourth-order valence-corrected chi connectivity index (χ4v) is 6.31. The molecule has 37 heavy (non-hydrogen) atoms. The van der Waals surface area contributed by atoms with E-state index in [4.69, 9.17) is 0 Å². The Morgan fingerprint density at radius 2 is 1.95 bits per heavy atom. The number of hydrogen-bond acceptors (Lipinski definition) is 5. The molecule has 0 unspecified atom stereocenters. The van der Waals surface area contributed by atoms with Crippen LogP contribution in [0.25, 0.3) is 11.3 Å². The number of pyridine rings is 1. The Morgan fingerprint density at radius 1 is 1.14 bits per heavy atom. The Balaban J connectivity index is 1.33. The van der Waals surface area contributed by atoms with Gasteiger partial charge in [0.2, 0.25) is 11.8 Å². The first kappa shape index (κ1) is 24.7. The van der Waals surface area contributed by atoms with E-state index in [0.29, 0.717) is 0 Å². The van der Waals surface area contributed by atoms with Crippen molar-refractivity contribution in [3.8, 4) is 11.3 Å². The first-order valence-electron chi connectivity index (χ1n) is 12.2. The molecule has 2 heterocycles. The SMILES string of the molecule is Cc1ccc(S(=O)(=O)N2C=CNC(=O)[C@H]2CC(=O)N[C@@H]2CCCc3cc(-c4ccccn4)ccc32)cc1. The molecule has 2 aliphatic rings. The summed E-state index contributed by atoms with van der Waals surface area (Å²) in [6.07, 6.45) is 6.62. The first-order valence-corrected chi connectivity index (χ1v) is 13.7. The van der Waals surface area contributed by atoms with Crippen LogP contribution < -0.4 is 10.6 Å². The molecule has 3 aromatic rings. The lowest BCUT2D eigenvalue weighted by molar-refractivity contribution is -0.129. The fraction of sp³-hybridized carbons (Fsp3) is 0.250. The summed E-state index contributed by atoms with van der Waals surface area (Å²) in [5.41, 5.74) is 5.02. The topological polar surface area (TPSA) is 108 Å². The lowest BCUT2D eigenvalue weighted by atomic mass is 9.86. The van der Waals surface area contributed by atoms with E-state index >= 15 is 0 Å². The molecule has 0 spiro atoms. The minimum absolute atomic E-state index is 0.0628. The summed E-state index contributed by atoms with van der Waals surface area (Å²) in [7, 11) is -4.02. The van der Waals surface area contributed by atoms with Crippen molar-refractivity contribution in [3.05, 3.63) is 96.0 Å². The van der Waals surface area contributed by atoms with Crippen LogP contribution in [0.15, 0.2) is 84.2 Å². The zero-order chi connectivity index (χ0) is 26.0. The molecule has 1 aromatic heterocycles. The van der Waals surface area contributed by atoms with Crippen LogP contribution in [-0.4, -0.2) is 35.6 Å². The van der Waals surface area contributed by atoms with Crippen LogP contribution in [0.3, 0.4) is 0 Å². The summed E-state index contributed by atoms with van der Waals surface area (Å²) in [6.45, 7) is 1.86. The maximum Gasteiger partial charge on any atom is 0.264 e. The second kappa shape index (κ2) is 10.2. The van der Waals surface area contributed by atoms with Gasteiger partial charge >= 0.3 is 0 Å². The number of rotatable bonds is 6. The predicted octanol–water partition coefficient (Wildman–Crippen LogP) is 3.60. The Bertz CT molecular complexity index is 1450. The summed E-state index contributed by atoms with van der Waals surface area (Å²) >= 11 is 0. The molecular formula is C28H28N4O4S. The van der Waals surface area contributed by atoms with Gasteiger partial charge in [0.25, 0.3) is 10.0 Å². The standard InChI is InChI=1S/C28H28N4O4S/c1-19-8-11-22(12-9-19)37(35,36)32-16-15-30-28(34)26(32)18-27(33)31-25-7-4-5-20-17-21(10-13-23(20)25)24-6-2-3-14-29-24/h2-3,6,8-17,25-26H,4-5,7,18H2,1H3,(H,30,34)(H,31,33)/t25-,26-/m1/s1. The van der Waals surface area contributed by atoms with E-state index in [2.05, 4.69) is 21.7 Å². The van der Waals surface area contributed by atoms with Crippen molar-refractivity contribution in [2.45, 2.75) is 49.6 Å². The van der Waals surface area contributed by atoms with E-state index in [1.165, 1.54) is 24.5 Å². The smallest absolute Gasteiger partial charge is 0.264 e. The van der Waals surface area contributed by atoms with Gasteiger partial charge in [0, 0.05) is 24.2 Å². The van der Waals surface area contributed by atoms with Gasteiger partial charge in [-0.25, -0.2) is 8.42 Å². The van der Waals surface area contributed by atoms with Crippen LogP contribution in [0.5, 0.6) is 0 Å². The molecule has 0 bridgehead atoms. The van der Waals surface area contributed by atoms with Crippen molar-refractivity contribution < 1.29 is 18.0 Å². The van der Waals surface area contributed by atoms with Crippen molar-refractivity contribution in [1.82, 2.24) is 19.9 Å². The lowest BCUT2D eigenvalue weighted by Gasteiger charge is -2.32. The normalized spacial score (nSPS) is 19.2. The summed E-state index contributed by atoms with van der Waals surface area (Å²) in [5, 5.41) is 5.57. The molecule has 0 fully saturated rings. The molecule has 2 aromatic carbocycles. The number of aromatic nitrogens is 1. The van der Waals surface area contributed by atoms with Crippen molar-refractivity contribution in [2.75, 3.05) is 0 Å². The van der Waals surface area contributed by atoms with Gasteiger partial charge in [0.05, 0.1) is 23.1 Å². The second-order valence-corrected chi connectivity index (χ2v) is 11.2. The molecule has 8 nitrogen and oxygen atoms in total. The van der Waals surface area contributed by atoms with Gasteiger partial charge in [-0.2, -0.15) is 0 Å². The number of hydrogen-bond donors (Lipinski definition) is 2. The third kappa shape index (κ3) is 5.13. The third-order valence-corrected chi connectivity index (χ3v) is 8.58. The summed E-state index contributed by atoms with van der Waals surface area (Å²) < 4.78 is 27.6. The van der Waals surface area contributed by atoms with Gasteiger partial charge in [0.15, 0.2) is 0 Å². The number of nitrogens with one attached hydrogen (secondary N) is 2. The van der Waals surface area contributed by atoms with Crippen LogP contribution in [0, 0.1) is 6.92 Å². The van der Waals surface area contributed by atoms with E-state index in [9.17, 15) is 18.0 Å². The molecule has 2 amide bonds. The second-order valence-electron chi connectivity index (χ2n) is 9.33. The molecular weight excluding hydrogens is 488 g/mol. The number of carbonyl (C=O) groups excluding carboxylic acids is 2. The van der Waals surface area contributed by atoms with Crippen molar-refractivity contribution in [2.24, 2.45) is 0 Å². The zero-order valence-electron chi connectivity index (χ0n) is 20.4. The number of fused-ring (bicyclic) bond motifs is 1. The molecule has 2 N–H and O–H groups in total. The van der Waals surface area contributed by atoms with E-state index in [0.717, 1.165) is 51.5 Å². The van der Waals surface area contributed by atoms with Crippen LogP contribution in [0.1, 0.15) is 42.0 Å². The number of amides is 2. The van der Waals surface area contributed by atoms with E-state index in [-0.39, 0.29) is 23.3 Å². The molecule has 0 saturated carbocycles. The van der Waals surface area contributed by atoms with Crippen LogP contribution in [0.2, 0.25) is 0 Å². The van der Waals surface area contributed by atoms with E-state index < -0.39 is 22.0 Å². The molecule has 1 aliphatic heterocycles. The summed E-state index contributed by atoms with van der Waals surface area (Å²) in [5.74, 6) is -0.927. The van der Waals surface area contributed by atoms with Crippen molar-refractivity contribution in [3.63, 3.8) is 0 Å². The molecule has 1 aliphatic carbocycles. The maximum absolute atomic E-state index is 13.3. The predicted molar refractivity (Wildman–Crippen MR) is 139 cm³/mol. The molecule has 190 valence electrons. The van der Waals surface area contributed by atoms with Gasteiger partial charge in [-0.05, 0) is 67.6 Å². The molecule has 9 heteroatoms. The minimum atomic E-state index is -4.02. The summed E-state index contributed by atoms with van der Waals surface area (Å²) in [4.78, 5) is 30.3. The highest BCUT2D eigenvalue weighted by molar-refractivity contribution is 7.89. The van der Waals surface area contributed by atoms with Crippen molar-refractivity contribution >= 4 is 21.8 Å². The van der Waals surface area contributed by atoms with Gasteiger partial charge in [-0.3, -0.25) is 18.9 Å². The van der Waals surface area contributed by atoms with E-state index in [1.54, 1.807) is 18.3 Å². The summed E-state index contributed by atoms with van der Waals surface area (Å²) in [6, 6.07) is 16.9. The molecule has 2 atom stereocenters. The highest BCUT2D eigenvalue weighted by Crippen LogP contribution is 2.33. The van der Waals surface area contributed by atoms with Gasteiger partial charge < -0.3 is 10.6 Å². The molecule has 5 rings (SSSR count). The Kier molecular flexibility index (Phi) is 6.80. The number of sulfonamides is 1. The fourth-order valence-electron chi connectivity index (χ4n) is 4.86. The van der Waals surface area contributed by atoms with Gasteiger partial charge in [0.1, 0.15) is 6.04 Å². The maximum atomic E-state index is 13.3. The van der Waals surface area contributed by atoms with Crippen molar-refractivity contribution in [1.29, 1.82) is 0 Å². The molecule has 0 saturated heterocycles. The van der Waals surface area contributed by atoms with Gasteiger partial charge in [-0.15, -0.1) is 0 Å². The Hall–Kier alpha value is -3.98. The van der Waals surface area contributed by atoms with Crippen LogP contribution in [-0.2, 0) is 26.0 Å². The number of aryl methyl sites for hydroxylation is 2. The quantitative estimate of drug-likeness (QED) is 0.521. The number of benzene rings is 2. The average molecular weight is 517 g/mol. The van der Waals surface area contributed by atoms with Gasteiger partial charge in [-0.1, -0.05) is 35.9 Å². The lowest BCUT2D eigenvalue weighted by Crippen LogP contribution is -2.51. The highest BCUT2D eigenvalue weighted by atomic mass is 32.2. The van der Waals surface area contributed by atoms with Crippen LogP contribution >= 0.6 is 0 Å². The molecule has 0 radical (unpaired) electrons. The first-order chi connectivity index (χ1) is 17.8. The number of carbonyl (C=O) groups is 2. The minimum Gasteiger partial charge on any atom is -0.349 e. The average Bonchev–Trinajstić information content (AvgIpc) is 2.90. The Labute approximate surface area is 216 Å². The highest BCUT2D eigenvalue weighted by Gasteiger charge is 2.37. The largest absolute Gasteiger partial charge is 0.349 e. The monoisotopic (exact) mass is 516 g/mol. The van der Waals surface area contributed by atoms with Crippen LogP contribution in [0.4, 0.5) is 0 Å².